The zero-order valence-corrected chi connectivity index (χ0v) is 12.2. The number of carbonyl (C=O) groups is 2. The van der Waals surface area contributed by atoms with Gasteiger partial charge in [-0.2, -0.15) is 0 Å². The Hall–Kier alpha value is -1.91. The zero-order valence-electron chi connectivity index (χ0n) is 12.2. The van der Waals surface area contributed by atoms with Crippen LogP contribution in [0.1, 0.15) is 32.9 Å². The smallest absolute Gasteiger partial charge is 0.248 e. The first kappa shape index (κ1) is 14.5. The molecule has 1 fully saturated rings. The van der Waals surface area contributed by atoms with Gasteiger partial charge in [-0.05, 0) is 32.4 Å². The first-order valence-electron chi connectivity index (χ1n) is 6.98. The van der Waals surface area contributed by atoms with Crippen LogP contribution in [0.5, 0.6) is 0 Å². The van der Waals surface area contributed by atoms with Crippen LogP contribution in [0, 0.1) is 0 Å². The van der Waals surface area contributed by atoms with E-state index in [9.17, 15) is 9.59 Å². The van der Waals surface area contributed by atoms with E-state index in [1.54, 1.807) is 24.9 Å². The lowest BCUT2D eigenvalue weighted by Gasteiger charge is -2.42. The molecule has 0 bridgehead atoms. The summed E-state index contributed by atoms with van der Waals surface area (Å²) in [5, 5.41) is 2.79. The third-order valence-electron chi connectivity index (χ3n) is 3.63. The van der Waals surface area contributed by atoms with E-state index in [0.29, 0.717) is 19.4 Å². The summed E-state index contributed by atoms with van der Waals surface area (Å²) in [6, 6.07) is 5.34. The fourth-order valence-electron chi connectivity index (χ4n) is 2.53. The van der Waals surface area contributed by atoms with E-state index < -0.39 is 5.54 Å². The Kier molecular flexibility index (Phi) is 4.06. The van der Waals surface area contributed by atoms with Gasteiger partial charge in [0.2, 0.25) is 11.8 Å². The van der Waals surface area contributed by atoms with Crippen LogP contribution in [0.15, 0.2) is 24.4 Å². The molecule has 0 saturated carbocycles. The highest BCUT2D eigenvalue weighted by Crippen LogP contribution is 2.20. The van der Waals surface area contributed by atoms with Gasteiger partial charge in [0.05, 0.1) is 0 Å². The predicted octanol–water partition coefficient (Wildman–Crippen LogP) is 1.14. The molecule has 1 aromatic heterocycles. The number of nitrogens with one attached hydrogen (secondary N) is 1. The lowest BCUT2D eigenvalue weighted by molar-refractivity contribution is -0.153. The number of hydrogen-bond donors (Lipinski definition) is 1. The van der Waals surface area contributed by atoms with Crippen molar-refractivity contribution in [1.29, 1.82) is 0 Å². The van der Waals surface area contributed by atoms with Crippen molar-refractivity contribution < 1.29 is 9.59 Å². The molecule has 0 spiro atoms. The Labute approximate surface area is 119 Å². The predicted molar refractivity (Wildman–Crippen MR) is 76.0 cm³/mol. The standard InChI is InChI=1S/C15H21N3O2/c1-4-12-13(19)17-15(2,3)14(20)18(12)10-8-11-7-5-6-9-16-11/h5-7,9,12H,4,8,10H2,1-3H3,(H,17,19). The quantitative estimate of drug-likeness (QED) is 0.896. The lowest BCUT2D eigenvalue weighted by Crippen LogP contribution is -2.68. The molecular weight excluding hydrogens is 254 g/mol. The minimum atomic E-state index is -0.827. The van der Waals surface area contributed by atoms with Crippen molar-refractivity contribution in [2.75, 3.05) is 6.54 Å². The number of carbonyl (C=O) groups excluding carboxylic acids is 2. The van der Waals surface area contributed by atoms with Crippen LogP contribution in [0.25, 0.3) is 0 Å². The van der Waals surface area contributed by atoms with Crippen molar-refractivity contribution in [2.24, 2.45) is 0 Å². The van der Waals surface area contributed by atoms with Crippen molar-refractivity contribution >= 4 is 11.8 Å². The molecule has 108 valence electrons. The highest BCUT2D eigenvalue weighted by atomic mass is 16.2. The fourth-order valence-corrected chi connectivity index (χ4v) is 2.53. The number of rotatable bonds is 4. The van der Waals surface area contributed by atoms with Gasteiger partial charge < -0.3 is 10.2 Å². The van der Waals surface area contributed by atoms with Crippen LogP contribution >= 0.6 is 0 Å². The molecule has 5 nitrogen and oxygen atoms in total. The number of aromatic nitrogens is 1. The average Bonchev–Trinajstić information content (AvgIpc) is 2.42. The Morgan fingerprint density at radius 3 is 2.70 bits per heavy atom. The molecule has 1 N–H and O–H groups in total. The first-order chi connectivity index (χ1) is 9.45. The maximum absolute atomic E-state index is 12.5. The van der Waals surface area contributed by atoms with Crippen molar-refractivity contribution in [3.8, 4) is 0 Å². The van der Waals surface area contributed by atoms with E-state index in [4.69, 9.17) is 0 Å². The zero-order chi connectivity index (χ0) is 14.8. The van der Waals surface area contributed by atoms with Crippen molar-refractivity contribution in [3.05, 3.63) is 30.1 Å². The molecule has 1 atom stereocenters. The molecule has 1 aliphatic rings. The molecule has 0 aliphatic carbocycles. The molecular formula is C15H21N3O2. The van der Waals surface area contributed by atoms with E-state index in [1.807, 2.05) is 25.1 Å². The molecule has 2 rings (SSSR count). The monoisotopic (exact) mass is 275 g/mol. The van der Waals surface area contributed by atoms with Gasteiger partial charge in [0.15, 0.2) is 0 Å². The van der Waals surface area contributed by atoms with Gasteiger partial charge in [-0.3, -0.25) is 14.6 Å². The van der Waals surface area contributed by atoms with Crippen LogP contribution in [0.2, 0.25) is 0 Å². The summed E-state index contributed by atoms with van der Waals surface area (Å²) in [5.74, 6) is -0.0991. The van der Waals surface area contributed by atoms with Crippen LogP contribution in [0.3, 0.4) is 0 Å². The Balaban J connectivity index is 2.13. The summed E-state index contributed by atoms with van der Waals surface area (Å²) in [7, 11) is 0. The largest absolute Gasteiger partial charge is 0.340 e. The van der Waals surface area contributed by atoms with Gasteiger partial charge in [-0.15, -0.1) is 0 Å². The maximum atomic E-state index is 12.5. The van der Waals surface area contributed by atoms with E-state index >= 15 is 0 Å². The van der Waals surface area contributed by atoms with Crippen molar-refractivity contribution in [3.63, 3.8) is 0 Å². The number of pyridine rings is 1. The highest BCUT2D eigenvalue weighted by Gasteiger charge is 2.44. The fraction of sp³-hybridized carbons (Fsp3) is 0.533. The van der Waals surface area contributed by atoms with Crippen molar-refractivity contribution in [2.45, 2.75) is 45.2 Å². The second-order valence-corrected chi connectivity index (χ2v) is 5.61. The normalized spacial score (nSPS) is 21.8. The number of piperazine rings is 1. The third kappa shape index (κ3) is 2.81. The molecule has 20 heavy (non-hydrogen) atoms. The van der Waals surface area contributed by atoms with Crippen LogP contribution < -0.4 is 5.32 Å². The van der Waals surface area contributed by atoms with Crippen LogP contribution in [0.4, 0.5) is 0 Å². The van der Waals surface area contributed by atoms with Crippen molar-refractivity contribution in [1.82, 2.24) is 15.2 Å². The Morgan fingerprint density at radius 1 is 1.35 bits per heavy atom. The summed E-state index contributed by atoms with van der Waals surface area (Å²) in [6.07, 6.45) is 3.02. The summed E-state index contributed by atoms with van der Waals surface area (Å²) in [6.45, 7) is 5.93. The van der Waals surface area contributed by atoms with E-state index in [-0.39, 0.29) is 17.9 Å². The molecule has 0 radical (unpaired) electrons. The van der Waals surface area contributed by atoms with Crippen LogP contribution in [-0.2, 0) is 16.0 Å². The number of nitrogens with zero attached hydrogens (tertiary/aromatic N) is 2. The van der Waals surface area contributed by atoms with Gasteiger partial charge in [0, 0.05) is 24.9 Å². The summed E-state index contributed by atoms with van der Waals surface area (Å²) in [5.41, 5.74) is 0.103. The summed E-state index contributed by atoms with van der Waals surface area (Å²) in [4.78, 5) is 30.5. The lowest BCUT2D eigenvalue weighted by atomic mass is 9.95. The minimum Gasteiger partial charge on any atom is -0.340 e. The second-order valence-electron chi connectivity index (χ2n) is 5.61. The molecule has 1 aromatic rings. The van der Waals surface area contributed by atoms with Gasteiger partial charge in [0.25, 0.3) is 0 Å². The maximum Gasteiger partial charge on any atom is 0.248 e. The molecule has 2 heterocycles. The number of hydrogen-bond acceptors (Lipinski definition) is 3. The van der Waals surface area contributed by atoms with Gasteiger partial charge in [-0.1, -0.05) is 13.0 Å². The van der Waals surface area contributed by atoms with Crippen LogP contribution in [-0.4, -0.2) is 39.8 Å². The second kappa shape index (κ2) is 5.61. The van der Waals surface area contributed by atoms with E-state index in [1.165, 1.54) is 0 Å². The average molecular weight is 275 g/mol. The topological polar surface area (TPSA) is 62.3 Å². The van der Waals surface area contributed by atoms with E-state index in [0.717, 1.165) is 5.69 Å². The van der Waals surface area contributed by atoms with E-state index in [2.05, 4.69) is 10.3 Å². The molecule has 5 heteroatoms. The van der Waals surface area contributed by atoms with Gasteiger partial charge in [0.1, 0.15) is 11.6 Å². The van der Waals surface area contributed by atoms with Gasteiger partial charge in [-0.25, -0.2) is 0 Å². The Morgan fingerprint density at radius 2 is 2.10 bits per heavy atom. The highest BCUT2D eigenvalue weighted by molar-refractivity contribution is 5.99. The molecule has 1 aliphatic heterocycles. The minimum absolute atomic E-state index is 0.0279. The molecule has 2 amide bonds. The SMILES string of the molecule is CCC1C(=O)NC(C)(C)C(=O)N1CCc1ccccn1. The molecule has 1 saturated heterocycles. The molecule has 0 aromatic carbocycles. The first-order valence-corrected chi connectivity index (χ1v) is 6.98. The summed E-state index contributed by atoms with van der Waals surface area (Å²) < 4.78 is 0. The third-order valence-corrected chi connectivity index (χ3v) is 3.63. The molecule has 1 unspecified atom stereocenters. The number of amides is 2. The van der Waals surface area contributed by atoms with Gasteiger partial charge >= 0.3 is 0 Å². The summed E-state index contributed by atoms with van der Waals surface area (Å²) >= 11 is 0. The Bertz CT molecular complexity index is 499.